The quantitative estimate of drug-likeness (QED) is 0.344. The molecule has 2 nitrogen and oxygen atoms in total. The number of oxime groups is 1. The van der Waals surface area contributed by atoms with Gasteiger partial charge in [-0.3, -0.25) is 0 Å². The maximum absolute atomic E-state index is 13.0. The molecule has 0 aliphatic carbocycles. The molecule has 0 saturated carbocycles. The fourth-order valence-corrected chi connectivity index (χ4v) is 0.677. The van der Waals surface area contributed by atoms with Crippen molar-refractivity contribution in [1.29, 1.82) is 0 Å². The molecule has 0 aliphatic heterocycles. The third-order valence-corrected chi connectivity index (χ3v) is 1.28. The van der Waals surface area contributed by atoms with Gasteiger partial charge in [0.15, 0.2) is 0 Å². The van der Waals surface area contributed by atoms with Crippen LogP contribution in [0.3, 0.4) is 0 Å². The van der Waals surface area contributed by atoms with E-state index in [1.54, 1.807) is 20.8 Å². The minimum absolute atomic E-state index is 0.132. The van der Waals surface area contributed by atoms with Gasteiger partial charge >= 0.3 is 0 Å². The number of hydrogen-bond donors (Lipinski definition) is 1. The summed E-state index contributed by atoms with van der Waals surface area (Å²) in [5, 5.41) is 11.0. The lowest BCUT2D eigenvalue weighted by Crippen LogP contribution is -2.28. The first-order chi connectivity index (χ1) is 4.39. The molecule has 0 heterocycles. The van der Waals surface area contributed by atoms with Crippen molar-refractivity contribution in [2.45, 2.75) is 33.9 Å². The molecule has 0 aromatic carbocycles. The SMILES string of the molecule is C/C(=N/O)C(F)C(C)(C)C. The smallest absolute Gasteiger partial charge is 0.146 e. The van der Waals surface area contributed by atoms with Gasteiger partial charge in [0, 0.05) is 0 Å². The average molecular weight is 147 g/mol. The Bertz CT molecular complexity index is 137. The molecule has 0 saturated heterocycles. The van der Waals surface area contributed by atoms with Crippen LogP contribution in [0, 0.1) is 5.41 Å². The molecule has 0 spiro atoms. The molecule has 1 atom stereocenters. The van der Waals surface area contributed by atoms with Crippen molar-refractivity contribution in [2.75, 3.05) is 0 Å². The van der Waals surface area contributed by atoms with E-state index in [9.17, 15) is 4.39 Å². The predicted octanol–water partition coefficient (Wildman–Crippen LogP) is 2.22. The third-order valence-electron chi connectivity index (χ3n) is 1.28. The zero-order valence-electron chi connectivity index (χ0n) is 6.85. The second-order valence-corrected chi connectivity index (χ2v) is 3.47. The van der Waals surface area contributed by atoms with E-state index >= 15 is 0 Å². The molecule has 0 aliphatic rings. The van der Waals surface area contributed by atoms with Gasteiger partial charge < -0.3 is 5.21 Å². The Morgan fingerprint density at radius 2 is 1.90 bits per heavy atom. The van der Waals surface area contributed by atoms with E-state index in [1.807, 2.05) is 0 Å². The first-order valence-electron chi connectivity index (χ1n) is 3.22. The van der Waals surface area contributed by atoms with E-state index in [-0.39, 0.29) is 5.71 Å². The Labute approximate surface area is 60.7 Å². The van der Waals surface area contributed by atoms with Crippen LogP contribution < -0.4 is 0 Å². The van der Waals surface area contributed by atoms with Crippen molar-refractivity contribution in [3.63, 3.8) is 0 Å². The molecule has 10 heavy (non-hydrogen) atoms. The van der Waals surface area contributed by atoms with Crippen LogP contribution in [-0.2, 0) is 0 Å². The molecule has 60 valence electrons. The van der Waals surface area contributed by atoms with Crippen LogP contribution in [0.2, 0.25) is 0 Å². The molecule has 0 aromatic heterocycles. The number of nitrogens with zero attached hydrogens (tertiary/aromatic N) is 1. The highest BCUT2D eigenvalue weighted by molar-refractivity contribution is 5.86. The molecular formula is C7H14FNO. The Morgan fingerprint density at radius 1 is 1.50 bits per heavy atom. The number of hydrogen-bond acceptors (Lipinski definition) is 2. The van der Waals surface area contributed by atoms with Crippen LogP contribution >= 0.6 is 0 Å². The lowest BCUT2D eigenvalue weighted by molar-refractivity contribution is 0.217. The van der Waals surface area contributed by atoms with Gasteiger partial charge in [-0.2, -0.15) is 0 Å². The molecular weight excluding hydrogens is 133 g/mol. The Balaban J connectivity index is 4.23. The minimum Gasteiger partial charge on any atom is -0.411 e. The summed E-state index contributed by atoms with van der Waals surface area (Å²) in [6.45, 7) is 6.74. The molecule has 1 N–H and O–H groups in total. The topological polar surface area (TPSA) is 32.6 Å². The number of rotatable bonds is 1. The van der Waals surface area contributed by atoms with Crippen molar-refractivity contribution in [3.8, 4) is 0 Å². The molecule has 0 aromatic rings. The van der Waals surface area contributed by atoms with Gasteiger partial charge in [-0.25, -0.2) is 4.39 Å². The van der Waals surface area contributed by atoms with E-state index in [0.717, 1.165) is 0 Å². The van der Waals surface area contributed by atoms with Crippen LogP contribution in [0.5, 0.6) is 0 Å². The van der Waals surface area contributed by atoms with E-state index < -0.39 is 11.6 Å². The molecule has 0 fully saturated rings. The molecule has 0 bridgehead atoms. The van der Waals surface area contributed by atoms with Crippen LogP contribution in [0.25, 0.3) is 0 Å². The molecule has 0 amide bonds. The molecule has 0 rings (SSSR count). The van der Waals surface area contributed by atoms with Crippen molar-refractivity contribution in [3.05, 3.63) is 0 Å². The fourth-order valence-electron chi connectivity index (χ4n) is 0.677. The Morgan fingerprint density at radius 3 is 2.00 bits per heavy atom. The van der Waals surface area contributed by atoms with Crippen molar-refractivity contribution < 1.29 is 9.60 Å². The second-order valence-electron chi connectivity index (χ2n) is 3.47. The third kappa shape index (κ3) is 2.33. The highest BCUT2D eigenvalue weighted by atomic mass is 19.1. The van der Waals surface area contributed by atoms with Gasteiger partial charge in [-0.05, 0) is 12.3 Å². The zero-order valence-corrected chi connectivity index (χ0v) is 6.85. The van der Waals surface area contributed by atoms with Gasteiger partial charge in [-0.15, -0.1) is 0 Å². The van der Waals surface area contributed by atoms with Gasteiger partial charge in [0.05, 0.1) is 5.71 Å². The molecule has 0 radical (unpaired) electrons. The second kappa shape index (κ2) is 2.99. The van der Waals surface area contributed by atoms with Crippen LogP contribution in [0.1, 0.15) is 27.7 Å². The maximum Gasteiger partial charge on any atom is 0.146 e. The first kappa shape index (κ1) is 9.40. The highest BCUT2D eigenvalue weighted by Crippen LogP contribution is 2.23. The highest BCUT2D eigenvalue weighted by Gasteiger charge is 2.26. The standard InChI is InChI=1S/C7H14FNO/c1-5(9-10)6(8)7(2,3)4/h6,10H,1-4H3/b9-5-. The van der Waals surface area contributed by atoms with Gasteiger partial charge in [0.1, 0.15) is 6.17 Å². The average Bonchev–Trinajstić information content (AvgIpc) is 1.83. The summed E-state index contributed by atoms with van der Waals surface area (Å²) >= 11 is 0. The maximum atomic E-state index is 13.0. The normalized spacial score (nSPS) is 17.1. The van der Waals surface area contributed by atoms with E-state index in [2.05, 4.69) is 5.16 Å². The zero-order chi connectivity index (χ0) is 8.36. The van der Waals surface area contributed by atoms with E-state index in [1.165, 1.54) is 6.92 Å². The van der Waals surface area contributed by atoms with Gasteiger partial charge in [0.2, 0.25) is 0 Å². The molecule has 3 heteroatoms. The van der Waals surface area contributed by atoms with Gasteiger partial charge in [0.25, 0.3) is 0 Å². The Kier molecular flexibility index (Phi) is 2.81. The summed E-state index contributed by atoms with van der Waals surface area (Å²) in [5.74, 6) is 0. The van der Waals surface area contributed by atoms with Crippen LogP contribution in [-0.4, -0.2) is 17.1 Å². The van der Waals surface area contributed by atoms with Crippen molar-refractivity contribution >= 4 is 5.71 Å². The number of halogens is 1. The van der Waals surface area contributed by atoms with E-state index in [0.29, 0.717) is 0 Å². The van der Waals surface area contributed by atoms with Gasteiger partial charge in [-0.1, -0.05) is 25.9 Å². The van der Waals surface area contributed by atoms with Crippen molar-refractivity contribution in [2.24, 2.45) is 10.6 Å². The van der Waals surface area contributed by atoms with Crippen LogP contribution in [0.4, 0.5) is 4.39 Å². The summed E-state index contributed by atoms with van der Waals surface area (Å²) in [6.07, 6.45) is -1.17. The lowest BCUT2D eigenvalue weighted by atomic mass is 9.88. The summed E-state index contributed by atoms with van der Waals surface area (Å²) < 4.78 is 13.0. The monoisotopic (exact) mass is 147 g/mol. The fraction of sp³-hybridized carbons (Fsp3) is 0.857. The molecule has 1 unspecified atom stereocenters. The summed E-state index contributed by atoms with van der Waals surface area (Å²) in [4.78, 5) is 0. The lowest BCUT2D eigenvalue weighted by Gasteiger charge is -2.22. The van der Waals surface area contributed by atoms with Crippen LogP contribution in [0.15, 0.2) is 5.16 Å². The predicted molar refractivity (Wildman–Crippen MR) is 39.2 cm³/mol. The largest absolute Gasteiger partial charge is 0.411 e. The first-order valence-corrected chi connectivity index (χ1v) is 3.22. The minimum atomic E-state index is -1.17. The number of alkyl halides is 1. The van der Waals surface area contributed by atoms with E-state index in [4.69, 9.17) is 5.21 Å². The summed E-state index contributed by atoms with van der Waals surface area (Å²) in [5.41, 5.74) is -0.344. The Hall–Kier alpha value is -0.600. The summed E-state index contributed by atoms with van der Waals surface area (Å²) in [7, 11) is 0. The summed E-state index contributed by atoms with van der Waals surface area (Å²) in [6, 6.07) is 0. The van der Waals surface area contributed by atoms with Crippen molar-refractivity contribution in [1.82, 2.24) is 0 Å².